The molecule has 6 aromatic carbocycles. The Morgan fingerprint density at radius 3 is 0.521 bits per heavy atom. The third-order valence-corrected chi connectivity index (χ3v) is 60.4. The van der Waals surface area contributed by atoms with E-state index in [1.54, 1.807) is 0 Å². The van der Waals surface area contributed by atoms with Crippen molar-refractivity contribution in [3.63, 3.8) is 0 Å². The summed E-state index contributed by atoms with van der Waals surface area (Å²) in [6, 6.07) is 56.5. The molecule has 0 spiro atoms. The molecule has 0 aromatic heterocycles. The number of rotatable bonds is 14. The van der Waals surface area contributed by atoms with Gasteiger partial charge in [-0.2, -0.15) is 22.2 Å². The van der Waals surface area contributed by atoms with Crippen LogP contribution in [0.25, 0.3) is 33.4 Å². The zero-order valence-electron chi connectivity index (χ0n) is 44.4. The Bertz CT molecular complexity index is 2850. The van der Waals surface area contributed by atoms with E-state index in [0.29, 0.717) is 0 Å². The lowest BCUT2D eigenvalue weighted by Crippen LogP contribution is -2.77. The Balaban J connectivity index is 1.50. The maximum absolute atomic E-state index is 9.62. The first-order valence-electron chi connectivity index (χ1n) is 26.4. The molecular weight excluding hydrogens is 948 g/mol. The van der Waals surface area contributed by atoms with Gasteiger partial charge in [0.25, 0.3) is 0 Å². The molecule has 0 saturated carbocycles. The van der Waals surface area contributed by atoms with Crippen LogP contribution in [0.5, 0.6) is 0 Å². The number of benzene rings is 6. The van der Waals surface area contributed by atoms with Crippen LogP contribution in [-0.4, -0.2) is 20.9 Å². The molecule has 3 aliphatic heterocycles. The van der Waals surface area contributed by atoms with Crippen LogP contribution in [0.2, 0.25) is 0 Å². The highest BCUT2D eigenvalue weighted by atomic mass is 35.6. The monoisotopic (exact) mass is 1020 g/mol. The zero-order chi connectivity index (χ0) is 50.6. The Labute approximate surface area is 438 Å². The fourth-order valence-corrected chi connectivity index (χ4v) is 66.9. The highest BCUT2D eigenvalue weighted by Crippen LogP contribution is 2.67. The van der Waals surface area contributed by atoms with Gasteiger partial charge in [-0.25, -0.2) is 0 Å². The van der Waals surface area contributed by atoms with E-state index < -0.39 is 20.9 Å². The molecule has 362 valence electrons. The third kappa shape index (κ3) is 7.87. The average Bonchev–Trinajstić information content (AvgIpc) is 3.87. The summed E-state index contributed by atoms with van der Waals surface area (Å²) >= 11 is 19.2. The van der Waals surface area contributed by atoms with Crippen molar-refractivity contribution in [3.05, 3.63) is 244 Å². The minimum Gasteiger partial charge on any atom is -0.159 e. The normalized spacial score (nSPS) is 17.5. The van der Waals surface area contributed by atoms with Gasteiger partial charge in [-0.05, 0) is 180 Å². The lowest BCUT2D eigenvalue weighted by atomic mass is 9.91. The van der Waals surface area contributed by atoms with Gasteiger partial charge in [0.2, 0.25) is 13.8 Å². The minimum atomic E-state index is -3.45. The molecular formula is C66H72Cl2Si3. The quantitative estimate of drug-likeness (QED) is 0.0753. The van der Waals surface area contributed by atoms with E-state index in [1.165, 1.54) is 131 Å². The van der Waals surface area contributed by atoms with Crippen LogP contribution in [0.1, 0.15) is 150 Å². The van der Waals surface area contributed by atoms with E-state index in [9.17, 15) is 22.2 Å². The van der Waals surface area contributed by atoms with Crippen molar-refractivity contribution < 1.29 is 0 Å². The molecule has 71 heavy (non-hydrogen) atoms. The first-order chi connectivity index (χ1) is 34.2. The molecule has 0 fully saturated rings. The van der Waals surface area contributed by atoms with Gasteiger partial charge in [-0.1, -0.05) is 218 Å². The molecule has 0 unspecified atom stereocenters. The number of hydrogen-bond acceptors (Lipinski definition) is 0. The van der Waals surface area contributed by atoms with Crippen LogP contribution in [-0.2, 0) is 38.5 Å². The molecule has 9 rings (SSSR count). The second-order valence-electron chi connectivity index (χ2n) is 20.4. The minimum absolute atomic E-state index is 0.989. The van der Waals surface area contributed by atoms with Crippen LogP contribution < -0.4 is 0 Å². The van der Waals surface area contributed by atoms with Crippen molar-refractivity contribution in [1.82, 2.24) is 0 Å². The van der Waals surface area contributed by atoms with Gasteiger partial charge in [-0.3, -0.25) is 0 Å². The number of allylic oxidation sites excluding steroid dienone is 12. The smallest absolute Gasteiger partial charge is 0.159 e. The molecule has 0 aliphatic carbocycles. The van der Waals surface area contributed by atoms with Crippen LogP contribution in [0, 0.1) is 0 Å². The van der Waals surface area contributed by atoms with Gasteiger partial charge in [0.05, 0.1) is 0 Å². The second kappa shape index (κ2) is 20.1. The highest BCUT2D eigenvalue weighted by molar-refractivity contribution is 7.93. The van der Waals surface area contributed by atoms with Gasteiger partial charge in [0, 0.05) is 0 Å². The summed E-state index contributed by atoms with van der Waals surface area (Å²) in [5, 5.41) is 8.31. The molecule has 3 aliphatic rings. The first kappa shape index (κ1) is 50.9. The molecule has 0 N–H and O–H groups in total. The summed E-state index contributed by atoms with van der Waals surface area (Å²) in [6.07, 6.45) is 5.94. The van der Waals surface area contributed by atoms with E-state index >= 15 is 0 Å². The Morgan fingerprint density at radius 1 is 0.239 bits per heavy atom. The SMILES string of the molecule is CCc1ccc(C2=C(C)[Si](Cl)([Si]3([Si]4(Cl)C(C)=C(c5ccc(CC)cc5)C(c5ccc(CC)cc5)=C4C)C(C)=C(c4ccc(CC)cc4)C(c4ccc(CC)cc4)=C3C)C(C)=C2c2ccc(CC)cc2)cc1. The third-order valence-electron chi connectivity index (χ3n) is 17.1. The predicted octanol–water partition coefficient (Wildman–Crippen LogP) is 18.5. The number of hydrogen-bond donors (Lipinski definition) is 0. The molecule has 0 amide bonds. The van der Waals surface area contributed by atoms with Gasteiger partial charge < -0.3 is 0 Å². The first-order valence-corrected chi connectivity index (χ1v) is 36.4. The topological polar surface area (TPSA) is 0 Å². The average molecular weight is 1020 g/mol. The van der Waals surface area contributed by atoms with Crippen molar-refractivity contribution in [1.29, 1.82) is 0 Å². The molecule has 0 saturated heterocycles. The van der Waals surface area contributed by atoms with Crippen LogP contribution in [0.3, 0.4) is 0 Å². The van der Waals surface area contributed by atoms with Crippen molar-refractivity contribution in [2.45, 2.75) is 122 Å². The van der Waals surface area contributed by atoms with Gasteiger partial charge >= 0.3 is 0 Å². The summed E-state index contributed by atoms with van der Waals surface area (Å²) < 4.78 is 0. The lowest BCUT2D eigenvalue weighted by molar-refractivity contribution is 1.14. The molecule has 3 heterocycles. The van der Waals surface area contributed by atoms with E-state index in [0.717, 1.165) is 38.5 Å². The van der Waals surface area contributed by atoms with Crippen molar-refractivity contribution in [3.8, 4) is 0 Å². The van der Waals surface area contributed by atoms with Crippen LogP contribution in [0.4, 0.5) is 0 Å². The van der Waals surface area contributed by atoms with Crippen molar-refractivity contribution in [2.24, 2.45) is 0 Å². The van der Waals surface area contributed by atoms with Gasteiger partial charge in [-0.15, -0.1) is 0 Å². The summed E-state index contributed by atoms with van der Waals surface area (Å²) in [6.45, 7) is 21.3. The summed E-state index contributed by atoms with van der Waals surface area (Å²) in [4.78, 5) is 0. The van der Waals surface area contributed by atoms with E-state index in [1.807, 2.05) is 0 Å². The number of halogens is 2. The predicted molar refractivity (Wildman–Crippen MR) is 319 cm³/mol. The largest absolute Gasteiger partial charge is 0.208 e. The molecule has 0 nitrogen and oxygen atoms in total. The van der Waals surface area contributed by atoms with E-state index in [-0.39, 0.29) is 0 Å². The number of aryl methyl sites for hydroxylation is 6. The highest BCUT2D eigenvalue weighted by Gasteiger charge is 2.76. The van der Waals surface area contributed by atoms with Gasteiger partial charge in [0.15, 0.2) is 7.11 Å². The van der Waals surface area contributed by atoms with Crippen LogP contribution in [0.15, 0.2) is 177 Å². The van der Waals surface area contributed by atoms with E-state index in [4.69, 9.17) is 0 Å². The standard InChI is InChI=1S/C66H72Cl2Si3/c1-13-49-19-31-55(32-20-49)61-43(7)69(67,44(8)62(61)56-33-21-50(14-2)22-34-56)71(47(11)65(59-39-27-53(17-5)28-40-59)66(48(71)12)60-41-29-54(18-6)30-42-60)70(68)45(9)63(57-35-23-51(15-3)24-36-57)64(46(70)10)58-37-25-52(16-4)26-38-58/h19-42H,13-18H2,1-12H3. The van der Waals surface area contributed by atoms with E-state index in [2.05, 4.69) is 229 Å². The Hall–Kier alpha value is -5.01. The second-order valence-corrected chi connectivity index (χ2v) is 44.8. The molecule has 0 bridgehead atoms. The van der Waals surface area contributed by atoms with Crippen molar-refractivity contribution in [2.75, 3.05) is 0 Å². The molecule has 5 heteroatoms. The molecule has 0 atom stereocenters. The zero-order valence-corrected chi connectivity index (χ0v) is 48.9. The Kier molecular flexibility index (Phi) is 14.4. The summed E-state index contributed by atoms with van der Waals surface area (Å²) in [5.41, 5.74) is 23.4. The maximum atomic E-state index is 9.62. The van der Waals surface area contributed by atoms with Crippen LogP contribution >= 0.6 is 22.2 Å². The van der Waals surface area contributed by atoms with Crippen molar-refractivity contribution >= 4 is 76.5 Å². The lowest BCUT2D eigenvalue weighted by Gasteiger charge is -2.52. The Morgan fingerprint density at radius 2 is 0.380 bits per heavy atom. The maximum Gasteiger partial charge on any atom is 0.208 e. The molecule has 6 aromatic rings. The summed E-state index contributed by atoms with van der Waals surface area (Å²) in [5.74, 6) is 0. The fourth-order valence-electron chi connectivity index (χ4n) is 13.0. The molecule has 0 radical (unpaired) electrons. The fraction of sp³-hybridized carbons (Fsp3) is 0.273. The van der Waals surface area contributed by atoms with Gasteiger partial charge in [0.1, 0.15) is 0 Å². The summed E-state index contributed by atoms with van der Waals surface area (Å²) in [7, 11) is -3.44.